The van der Waals surface area contributed by atoms with Gasteiger partial charge in [0.1, 0.15) is 11.4 Å². The van der Waals surface area contributed by atoms with Gasteiger partial charge in [0.2, 0.25) is 0 Å². The number of carbonyl (C=O) groups excluding carboxylic acids is 1. The fraction of sp³-hybridized carbons (Fsp3) is 0.375. The van der Waals surface area contributed by atoms with E-state index in [0.717, 1.165) is 41.2 Å². The number of nitrogens with zero attached hydrogens (tertiary/aromatic N) is 5. The zero-order chi connectivity index (χ0) is 23.9. The number of nitrogens with one attached hydrogen (secondary N) is 3. The number of aromatic nitrogens is 6. The highest BCUT2D eigenvalue weighted by atomic mass is 16.2. The van der Waals surface area contributed by atoms with Gasteiger partial charge in [-0.1, -0.05) is 33.6 Å². The Morgan fingerprint density at radius 2 is 1.88 bits per heavy atom. The number of benzene rings is 1. The van der Waals surface area contributed by atoms with E-state index >= 15 is 0 Å². The van der Waals surface area contributed by atoms with Crippen LogP contribution in [-0.4, -0.2) is 36.1 Å². The molecular weight excluding hydrogens is 430 g/mol. The third-order valence-electron chi connectivity index (χ3n) is 6.31. The lowest BCUT2D eigenvalue weighted by molar-refractivity contribution is 0.262. The van der Waals surface area contributed by atoms with E-state index in [-0.39, 0.29) is 11.4 Å². The highest BCUT2D eigenvalue weighted by molar-refractivity contribution is 5.99. The van der Waals surface area contributed by atoms with Crippen molar-refractivity contribution in [2.45, 2.75) is 57.8 Å². The lowest BCUT2D eigenvalue weighted by atomic mass is 9.92. The van der Waals surface area contributed by atoms with Gasteiger partial charge >= 0.3 is 6.03 Å². The number of rotatable bonds is 4. The molecule has 0 bridgehead atoms. The van der Waals surface area contributed by atoms with E-state index in [0.29, 0.717) is 23.2 Å². The van der Waals surface area contributed by atoms with Gasteiger partial charge in [0.25, 0.3) is 0 Å². The highest BCUT2D eigenvalue weighted by Crippen LogP contribution is 2.39. The summed E-state index contributed by atoms with van der Waals surface area (Å²) in [6, 6.07) is 8.89. The number of urea groups is 1. The minimum absolute atomic E-state index is 0.0811. The van der Waals surface area contributed by atoms with Gasteiger partial charge in [-0.2, -0.15) is 10.2 Å². The van der Waals surface area contributed by atoms with Gasteiger partial charge in [-0.15, -0.1) is 5.10 Å². The molecule has 0 atom stereocenters. The van der Waals surface area contributed by atoms with Crippen LogP contribution in [0, 0.1) is 0 Å². The molecule has 1 aromatic carbocycles. The van der Waals surface area contributed by atoms with Crippen molar-refractivity contribution in [1.82, 2.24) is 30.1 Å². The van der Waals surface area contributed by atoms with E-state index in [9.17, 15) is 4.79 Å². The van der Waals surface area contributed by atoms with Gasteiger partial charge < -0.3 is 11.2 Å². The van der Waals surface area contributed by atoms with Crippen LogP contribution in [0.5, 0.6) is 0 Å². The number of anilines is 2. The molecule has 0 unspecified atom stereocenters. The van der Waals surface area contributed by atoms with Crippen molar-refractivity contribution in [2.24, 2.45) is 0 Å². The van der Waals surface area contributed by atoms with Crippen LogP contribution >= 0.6 is 0 Å². The second kappa shape index (κ2) is 8.44. The molecule has 10 heteroatoms. The van der Waals surface area contributed by atoms with Gasteiger partial charge in [0.05, 0.1) is 11.9 Å². The van der Waals surface area contributed by atoms with Gasteiger partial charge in [-0.05, 0) is 37.1 Å². The van der Waals surface area contributed by atoms with Gasteiger partial charge in [0, 0.05) is 34.3 Å². The molecule has 5 N–H and O–H groups in total. The smallest absolute Gasteiger partial charge is 0.324 e. The number of fused-ring (bicyclic) bond motifs is 1. The molecule has 34 heavy (non-hydrogen) atoms. The van der Waals surface area contributed by atoms with Crippen LogP contribution in [0.2, 0.25) is 0 Å². The first kappa shape index (κ1) is 21.9. The molecule has 10 nitrogen and oxygen atoms in total. The lowest BCUT2D eigenvalue weighted by Gasteiger charge is -2.18. The Labute approximate surface area is 197 Å². The van der Waals surface area contributed by atoms with Crippen molar-refractivity contribution in [3.8, 4) is 22.8 Å². The van der Waals surface area contributed by atoms with Crippen molar-refractivity contribution in [2.75, 3.05) is 16.5 Å². The predicted octanol–water partition coefficient (Wildman–Crippen LogP) is 4.48. The molecule has 3 aliphatic rings. The zero-order valence-electron chi connectivity index (χ0n) is 19.6. The first-order chi connectivity index (χ1) is 16.3. The van der Waals surface area contributed by atoms with Crippen LogP contribution in [0.4, 0.5) is 16.3 Å². The molecule has 2 aromatic rings. The first-order valence-electron chi connectivity index (χ1n) is 11.5. The number of hydrogen-bond acceptors (Lipinski definition) is 6. The van der Waals surface area contributed by atoms with E-state index in [1.807, 2.05) is 30.3 Å². The summed E-state index contributed by atoms with van der Waals surface area (Å²) in [5, 5.41) is 21.0. The summed E-state index contributed by atoms with van der Waals surface area (Å²) >= 11 is 0. The number of carbonyl (C=O) groups is 1. The van der Waals surface area contributed by atoms with Crippen molar-refractivity contribution in [1.29, 1.82) is 0 Å². The number of amides is 2. The van der Waals surface area contributed by atoms with Gasteiger partial charge in [-0.25, -0.2) is 14.5 Å². The summed E-state index contributed by atoms with van der Waals surface area (Å²) in [7, 11) is 0. The van der Waals surface area contributed by atoms with Crippen LogP contribution in [-0.2, 0) is 5.41 Å². The third-order valence-corrected chi connectivity index (χ3v) is 6.31. The predicted molar refractivity (Wildman–Crippen MR) is 131 cm³/mol. The van der Waals surface area contributed by atoms with E-state index < -0.39 is 0 Å². The molecule has 5 rings (SSSR count). The molecule has 0 spiro atoms. The Hall–Kier alpha value is -3.95. The summed E-state index contributed by atoms with van der Waals surface area (Å²) in [5.74, 6) is 7.88. The summed E-state index contributed by atoms with van der Waals surface area (Å²) in [4.78, 5) is 17.3. The Bertz CT molecular complexity index is 1280. The van der Waals surface area contributed by atoms with E-state index in [2.05, 4.69) is 51.8 Å². The maximum absolute atomic E-state index is 12.4. The summed E-state index contributed by atoms with van der Waals surface area (Å²) < 4.78 is 1.54. The number of nitrogens with two attached hydrogens (primary N) is 1. The number of aromatic amines is 1. The van der Waals surface area contributed by atoms with Crippen LogP contribution in [0.3, 0.4) is 0 Å². The average Bonchev–Trinajstić information content (AvgIpc) is 3.56. The Balaban J connectivity index is 1.34. The SMILES string of the molecule is CC(C)(C)c1cc(NC(=O)Nc2ccc(-c3nc(C4CCCC4)c4nncc-4n3N)cc2)n[nH]1. The van der Waals surface area contributed by atoms with Crippen molar-refractivity contribution >= 4 is 17.5 Å². The second-order valence-electron chi connectivity index (χ2n) is 9.82. The van der Waals surface area contributed by atoms with Crippen LogP contribution < -0.4 is 16.5 Å². The number of H-pyrrole nitrogens is 1. The molecule has 1 aliphatic carbocycles. The van der Waals surface area contributed by atoms with Crippen molar-refractivity contribution < 1.29 is 4.79 Å². The summed E-state index contributed by atoms with van der Waals surface area (Å²) in [6.45, 7) is 6.22. The molecule has 3 heterocycles. The molecule has 1 aromatic heterocycles. The lowest BCUT2D eigenvalue weighted by Crippen LogP contribution is -2.20. The second-order valence-corrected chi connectivity index (χ2v) is 9.82. The van der Waals surface area contributed by atoms with Crippen molar-refractivity contribution in [3.05, 3.63) is 47.9 Å². The van der Waals surface area contributed by atoms with E-state index in [4.69, 9.17) is 10.8 Å². The van der Waals surface area contributed by atoms with Crippen LogP contribution in [0.1, 0.15) is 63.8 Å². The van der Waals surface area contributed by atoms with E-state index in [1.165, 1.54) is 17.5 Å². The Morgan fingerprint density at radius 3 is 2.56 bits per heavy atom. The fourth-order valence-electron chi connectivity index (χ4n) is 4.39. The Morgan fingerprint density at radius 1 is 1.15 bits per heavy atom. The molecule has 2 amide bonds. The molecule has 1 fully saturated rings. The van der Waals surface area contributed by atoms with E-state index in [1.54, 1.807) is 6.20 Å². The monoisotopic (exact) mass is 459 g/mol. The van der Waals surface area contributed by atoms with Gasteiger partial charge in [0.15, 0.2) is 11.6 Å². The molecule has 176 valence electrons. The largest absolute Gasteiger partial charge is 0.337 e. The number of hydrogen-bond donors (Lipinski definition) is 4. The fourth-order valence-corrected chi connectivity index (χ4v) is 4.39. The molecule has 1 saturated carbocycles. The summed E-state index contributed by atoms with van der Waals surface area (Å²) in [6.07, 6.45) is 6.29. The molecule has 0 saturated heterocycles. The van der Waals surface area contributed by atoms with Crippen LogP contribution in [0.15, 0.2) is 36.5 Å². The summed E-state index contributed by atoms with van der Waals surface area (Å²) in [5.41, 5.74) is 4.87. The van der Waals surface area contributed by atoms with Crippen LogP contribution in [0.25, 0.3) is 22.8 Å². The standard InChI is InChI=1S/C24H29N9O/c1-24(2,3)18-12-19(31-30-18)28-23(34)27-16-10-8-15(9-11-16)22-29-20(14-6-4-5-7-14)21-17(33(22)25)13-26-32-21/h8-14H,4-7,25H2,1-3H3,(H3,27,28,30,31,34). The molecule has 0 radical (unpaired) electrons. The maximum atomic E-state index is 12.4. The zero-order valence-corrected chi connectivity index (χ0v) is 19.6. The minimum atomic E-state index is -0.370. The molecular formula is C24H29N9O. The van der Waals surface area contributed by atoms with Crippen molar-refractivity contribution in [3.63, 3.8) is 0 Å². The topological polar surface area (TPSA) is 139 Å². The molecule has 2 aliphatic heterocycles. The first-order valence-corrected chi connectivity index (χ1v) is 11.5. The number of nitrogen functional groups attached to an aromatic ring is 1. The van der Waals surface area contributed by atoms with Gasteiger partial charge in [-0.3, -0.25) is 10.4 Å². The minimum Gasteiger partial charge on any atom is -0.337 e. The third kappa shape index (κ3) is 4.18. The highest BCUT2D eigenvalue weighted by Gasteiger charge is 2.28. The normalized spacial score (nSPS) is 14.6. The maximum Gasteiger partial charge on any atom is 0.324 e. The Kier molecular flexibility index (Phi) is 5.43. The average molecular weight is 460 g/mol. The quantitative estimate of drug-likeness (QED) is 0.332.